The smallest absolute Gasteiger partial charge is 0.286 e. The Balaban J connectivity index is 0.00000195. The second-order valence-corrected chi connectivity index (χ2v) is 10.5. The van der Waals surface area contributed by atoms with Gasteiger partial charge in [0.2, 0.25) is 0 Å². The highest BCUT2D eigenvalue weighted by atomic mass is 79.9. The normalized spacial score (nSPS) is 15.2. The maximum atomic E-state index is 13.0. The van der Waals surface area contributed by atoms with Gasteiger partial charge in [-0.15, -0.1) is 0 Å². The summed E-state index contributed by atoms with van der Waals surface area (Å²) < 4.78 is 6.50. The van der Waals surface area contributed by atoms with Crippen LogP contribution in [0.1, 0.15) is 71.1 Å². The van der Waals surface area contributed by atoms with E-state index in [1.54, 1.807) is 10.9 Å². The van der Waals surface area contributed by atoms with Crippen molar-refractivity contribution in [3.8, 4) is 5.69 Å². The Morgan fingerprint density at radius 3 is 2.47 bits per heavy atom. The highest BCUT2D eigenvalue weighted by molar-refractivity contribution is 9.10. The number of halogens is 1. The van der Waals surface area contributed by atoms with Gasteiger partial charge in [0.15, 0.2) is 0 Å². The van der Waals surface area contributed by atoms with E-state index in [9.17, 15) is 4.79 Å². The van der Waals surface area contributed by atoms with Crippen LogP contribution in [-0.2, 0) is 20.0 Å². The number of allylic oxidation sites excluding steroid dienone is 4. The van der Waals surface area contributed by atoms with Crippen molar-refractivity contribution in [3.05, 3.63) is 87.3 Å². The Hall–Kier alpha value is -2.64. The average Bonchev–Trinajstić information content (AvgIpc) is 3.55. The Bertz CT molecular complexity index is 1230. The summed E-state index contributed by atoms with van der Waals surface area (Å²) in [7, 11) is 1.99. The lowest BCUT2D eigenvalue weighted by atomic mass is 9.90. The van der Waals surface area contributed by atoms with Crippen LogP contribution in [0.3, 0.4) is 0 Å². The molecule has 1 saturated heterocycles. The SMILES string of the molecule is C/C=C\C(=C/CC)n1c(=O)c(Br)c(CN2CCC(CCCc3ccc(-n4ccnc4)cc3)CC2)n1C.CC. The van der Waals surface area contributed by atoms with Crippen LogP contribution in [0.4, 0.5) is 0 Å². The van der Waals surface area contributed by atoms with Crippen molar-refractivity contribution in [2.45, 2.75) is 72.8 Å². The molecule has 3 heterocycles. The molecule has 0 bridgehead atoms. The first kappa shape index (κ1) is 29.9. The fraction of sp³-hybridized carbons (Fsp3) is 0.484. The first-order valence-electron chi connectivity index (χ1n) is 14.1. The predicted molar refractivity (Wildman–Crippen MR) is 163 cm³/mol. The summed E-state index contributed by atoms with van der Waals surface area (Å²) in [5.41, 5.74) is 4.54. The lowest BCUT2D eigenvalue weighted by Gasteiger charge is -2.32. The van der Waals surface area contributed by atoms with Crippen molar-refractivity contribution in [1.29, 1.82) is 0 Å². The van der Waals surface area contributed by atoms with E-state index >= 15 is 0 Å². The molecule has 38 heavy (non-hydrogen) atoms. The van der Waals surface area contributed by atoms with Gasteiger partial charge in [-0.25, -0.2) is 9.67 Å². The number of imidazole rings is 1. The number of aromatic nitrogens is 4. The summed E-state index contributed by atoms with van der Waals surface area (Å²) >= 11 is 3.60. The lowest BCUT2D eigenvalue weighted by molar-refractivity contribution is 0.167. The molecular weight excluding hydrogens is 538 g/mol. The summed E-state index contributed by atoms with van der Waals surface area (Å²) in [6.45, 7) is 11.0. The molecule has 1 aliphatic rings. The molecular formula is C31H44BrN5O. The fourth-order valence-electron chi connectivity index (χ4n) is 5.17. The first-order chi connectivity index (χ1) is 18.5. The van der Waals surface area contributed by atoms with E-state index in [1.165, 1.54) is 31.2 Å². The highest BCUT2D eigenvalue weighted by Crippen LogP contribution is 2.26. The molecule has 0 amide bonds. The quantitative estimate of drug-likeness (QED) is 0.237. The zero-order valence-electron chi connectivity index (χ0n) is 23.7. The summed E-state index contributed by atoms with van der Waals surface area (Å²) in [4.78, 5) is 19.6. The number of aryl methyl sites for hydroxylation is 1. The number of hydrogen-bond donors (Lipinski definition) is 0. The molecule has 0 N–H and O–H groups in total. The number of piperidine rings is 1. The van der Waals surface area contributed by atoms with Gasteiger partial charge < -0.3 is 4.57 Å². The topological polar surface area (TPSA) is 48.0 Å². The number of benzene rings is 1. The zero-order valence-corrected chi connectivity index (χ0v) is 25.3. The van der Waals surface area contributed by atoms with Gasteiger partial charge in [0, 0.05) is 31.7 Å². The molecule has 0 saturated carbocycles. The molecule has 2 aromatic heterocycles. The number of nitrogens with zero attached hydrogens (tertiary/aromatic N) is 5. The van der Waals surface area contributed by atoms with E-state index in [-0.39, 0.29) is 5.56 Å². The van der Waals surface area contributed by atoms with E-state index in [0.29, 0.717) is 4.47 Å². The molecule has 6 nitrogen and oxygen atoms in total. The number of hydrogen-bond acceptors (Lipinski definition) is 3. The van der Waals surface area contributed by atoms with Crippen molar-refractivity contribution in [2.24, 2.45) is 13.0 Å². The first-order valence-corrected chi connectivity index (χ1v) is 14.9. The minimum absolute atomic E-state index is 0.0123. The van der Waals surface area contributed by atoms with Crippen LogP contribution < -0.4 is 5.56 Å². The molecule has 7 heteroatoms. The molecule has 1 aromatic carbocycles. The van der Waals surface area contributed by atoms with Gasteiger partial charge in [0.25, 0.3) is 5.56 Å². The van der Waals surface area contributed by atoms with E-state index in [0.717, 1.165) is 55.5 Å². The van der Waals surface area contributed by atoms with Crippen molar-refractivity contribution >= 4 is 21.6 Å². The van der Waals surface area contributed by atoms with E-state index in [1.807, 2.05) is 61.7 Å². The highest BCUT2D eigenvalue weighted by Gasteiger charge is 2.23. The van der Waals surface area contributed by atoms with Crippen LogP contribution >= 0.6 is 15.9 Å². The minimum atomic E-state index is 0.0123. The maximum Gasteiger partial charge on any atom is 0.286 e. The summed E-state index contributed by atoms with van der Waals surface area (Å²) in [5.74, 6) is 0.789. The van der Waals surface area contributed by atoms with Gasteiger partial charge in [-0.2, -0.15) is 0 Å². The molecule has 0 spiro atoms. The van der Waals surface area contributed by atoms with Gasteiger partial charge in [-0.1, -0.05) is 51.5 Å². The minimum Gasteiger partial charge on any atom is -0.306 e. The van der Waals surface area contributed by atoms with Crippen molar-refractivity contribution < 1.29 is 0 Å². The molecule has 0 radical (unpaired) electrons. The fourth-order valence-corrected chi connectivity index (χ4v) is 5.72. The van der Waals surface area contributed by atoms with Crippen molar-refractivity contribution in [3.63, 3.8) is 0 Å². The van der Waals surface area contributed by atoms with E-state index < -0.39 is 0 Å². The second-order valence-electron chi connectivity index (χ2n) is 9.69. The molecule has 1 aliphatic heterocycles. The Morgan fingerprint density at radius 1 is 1.16 bits per heavy atom. The molecule has 1 fully saturated rings. The van der Waals surface area contributed by atoms with Crippen LogP contribution in [0.15, 0.2) is 70.5 Å². The predicted octanol–water partition coefficient (Wildman–Crippen LogP) is 7.22. The van der Waals surface area contributed by atoms with Crippen LogP contribution in [0.25, 0.3) is 11.4 Å². The van der Waals surface area contributed by atoms with Crippen LogP contribution in [-0.4, -0.2) is 36.9 Å². The molecule has 3 aromatic rings. The standard InChI is InChI=1S/C29H38BrN5O.C2H6/c1-4-7-26(8-5-2)35-29(36)28(30)27(32(35)3)21-33-18-15-24(16-19-33)10-6-9-23-11-13-25(14-12-23)34-20-17-31-22-34;1-2/h4,7-8,11-14,17,20,22,24H,5-6,9-10,15-16,18-19,21H2,1-3H3;1-2H3/b7-4-,26-8+;. The monoisotopic (exact) mass is 581 g/mol. The number of rotatable bonds is 10. The number of likely N-dealkylation sites (tertiary alicyclic amines) is 1. The van der Waals surface area contributed by atoms with Crippen molar-refractivity contribution in [1.82, 2.24) is 23.8 Å². The molecule has 206 valence electrons. The largest absolute Gasteiger partial charge is 0.306 e. The third-order valence-electron chi connectivity index (χ3n) is 7.22. The summed E-state index contributed by atoms with van der Waals surface area (Å²) in [6, 6.07) is 8.83. The van der Waals surface area contributed by atoms with Gasteiger partial charge in [0.1, 0.15) is 4.47 Å². The van der Waals surface area contributed by atoms with Gasteiger partial charge >= 0.3 is 0 Å². The Labute approximate surface area is 236 Å². The second kappa shape index (κ2) is 15.1. The molecule has 0 aliphatic carbocycles. The van der Waals surface area contributed by atoms with Gasteiger partial charge in [-0.05, 0) is 97.7 Å². The molecule has 0 unspecified atom stereocenters. The van der Waals surface area contributed by atoms with Crippen LogP contribution in [0.2, 0.25) is 0 Å². The lowest BCUT2D eigenvalue weighted by Crippen LogP contribution is -2.34. The molecule has 4 rings (SSSR count). The summed E-state index contributed by atoms with van der Waals surface area (Å²) in [5, 5.41) is 0. The third-order valence-corrected chi connectivity index (χ3v) is 8.01. The van der Waals surface area contributed by atoms with Gasteiger partial charge in [-0.3, -0.25) is 14.4 Å². The van der Waals surface area contributed by atoms with E-state index in [2.05, 4.69) is 63.1 Å². The Kier molecular flexibility index (Phi) is 11.9. The van der Waals surface area contributed by atoms with E-state index in [4.69, 9.17) is 0 Å². The molecule has 0 atom stereocenters. The summed E-state index contributed by atoms with van der Waals surface area (Å²) in [6.07, 6.45) is 18.7. The zero-order chi connectivity index (χ0) is 27.5. The average molecular weight is 583 g/mol. The van der Waals surface area contributed by atoms with Crippen LogP contribution in [0, 0.1) is 5.92 Å². The third kappa shape index (κ3) is 7.48. The Morgan fingerprint density at radius 2 is 1.87 bits per heavy atom. The maximum absolute atomic E-state index is 13.0. The van der Waals surface area contributed by atoms with Gasteiger partial charge in [0.05, 0.1) is 17.7 Å². The van der Waals surface area contributed by atoms with Crippen LogP contribution in [0.5, 0.6) is 0 Å². The van der Waals surface area contributed by atoms with Crippen molar-refractivity contribution in [2.75, 3.05) is 13.1 Å².